The predicted molar refractivity (Wildman–Crippen MR) is 101 cm³/mol. The van der Waals surface area contributed by atoms with Gasteiger partial charge in [-0.3, -0.25) is 0 Å². The van der Waals surface area contributed by atoms with Crippen LogP contribution in [0.15, 0.2) is 53.1 Å². The van der Waals surface area contributed by atoms with Crippen molar-refractivity contribution in [3.63, 3.8) is 0 Å². The molecule has 2 aromatic carbocycles. The topological polar surface area (TPSA) is 80.0 Å². The highest BCUT2D eigenvalue weighted by molar-refractivity contribution is 6.31. The van der Waals surface area contributed by atoms with Crippen LogP contribution in [-0.4, -0.2) is 16.2 Å². The Morgan fingerprint density at radius 3 is 2.54 bits per heavy atom. The van der Waals surface area contributed by atoms with Crippen LogP contribution >= 0.6 is 11.6 Å². The van der Waals surface area contributed by atoms with Crippen LogP contribution in [0.3, 0.4) is 0 Å². The van der Waals surface area contributed by atoms with Crippen molar-refractivity contribution in [2.45, 2.75) is 26.3 Å². The number of urea groups is 1. The number of rotatable bonds is 5. The fraction of sp³-hybridized carbons (Fsp3) is 0.211. The summed E-state index contributed by atoms with van der Waals surface area (Å²) in [6.45, 7) is 4.36. The van der Waals surface area contributed by atoms with E-state index in [2.05, 4.69) is 20.8 Å². The van der Waals surface area contributed by atoms with E-state index in [0.717, 1.165) is 11.1 Å². The summed E-state index contributed by atoms with van der Waals surface area (Å²) < 4.78 is 5.26. The summed E-state index contributed by atoms with van der Waals surface area (Å²) in [5.41, 5.74) is 2.32. The highest BCUT2D eigenvalue weighted by Crippen LogP contribution is 2.22. The second-order valence-corrected chi connectivity index (χ2v) is 6.50. The number of hydrogen-bond acceptors (Lipinski definition) is 4. The molecule has 1 heterocycles. The molecule has 0 aliphatic carbocycles. The molecule has 26 heavy (non-hydrogen) atoms. The van der Waals surface area contributed by atoms with Crippen LogP contribution < -0.4 is 10.6 Å². The molecule has 0 fully saturated rings. The van der Waals surface area contributed by atoms with Crippen LogP contribution in [0.2, 0.25) is 5.02 Å². The van der Waals surface area contributed by atoms with Crippen molar-refractivity contribution < 1.29 is 9.32 Å². The molecule has 2 amide bonds. The van der Waals surface area contributed by atoms with Crippen molar-refractivity contribution in [1.29, 1.82) is 0 Å². The molecule has 0 bridgehead atoms. The van der Waals surface area contributed by atoms with E-state index in [1.165, 1.54) is 0 Å². The zero-order valence-corrected chi connectivity index (χ0v) is 15.2. The Morgan fingerprint density at radius 2 is 1.88 bits per heavy atom. The van der Waals surface area contributed by atoms with E-state index >= 15 is 0 Å². The standard InChI is InChI=1S/C19H19ClN4O2/c1-12(2)17-23-18(26-24-17)13-7-9-15(10-8-13)22-19(25)21-11-14-5-3-4-6-16(14)20/h3-10,12H,11H2,1-2H3,(H2,21,22,25). The summed E-state index contributed by atoms with van der Waals surface area (Å²) in [4.78, 5) is 16.4. The molecule has 0 spiro atoms. The Hall–Kier alpha value is -2.86. The molecular formula is C19H19ClN4O2. The van der Waals surface area contributed by atoms with Gasteiger partial charge in [0.15, 0.2) is 5.82 Å². The summed E-state index contributed by atoms with van der Waals surface area (Å²) in [5.74, 6) is 1.33. The molecule has 2 N–H and O–H groups in total. The third kappa shape index (κ3) is 4.40. The number of anilines is 1. The van der Waals surface area contributed by atoms with E-state index in [4.69, 9.17) is 16.1 Å². The molecule has 1 aromatic heterocycles. The van der Waals surface area contributed by atoms with Gasteiger partial charge >= 0.3 is 6.03 Å². The van der Waals surface area contributed by atoms with E-state index in [1.54, 1.807) is 18.2 Å². The van der Waals surface area contributed by atoms with Gasteiger partial charge < -0.3 is 15.2 Å². The summed E-state index contributed by atoms with van der Waals surface area (Å²) in [5, 5.41) is 10.1. The number of hydrogen-bond donors (Lipinski definition) is 2. The number of benzene rings is 2. The zero-order valence-electron chi connectivity index (χ0n) is 14.5. The summed E-state index contributed by atoms with van der Waals surface area (Å²) >= 11 is 6.07. The number of carbonyl (C=O) groups excluding carboxylic acids is 1. The van der Waals surface area contributed by atoms with E-state index in [0.29, 0.717) is 29.0 Å². The average Bonchev–Trinajstić information content (AvgIpc) is 3.12. The fourth-order valence-corrected chi connectivity index (χ4v) is 2.48. The van der Waals surface area contributed by atoms with E-state index in [9.17, 15) is 4.79 Å². The van der Waals surface area contributed by atoms with Gasteiger partial charge in [0, 0.05) is 28.7 Å². The average molecular weight is 371 g/mol. The van der Waals surface area contributed by atoms with Crippen LogP contribution in [0.5, 0.6) is 0 Å². The molecule has 0 saturated heterocycles. The summed E-state index contributed by atoms with van der Waals surface area (Å²) in [6.07, 6.45) is 0. The Kier molecular flexibility index (Phi) is 5.53. The molecule has 0 atom stereocenters. The van der Waals surface area contributed by atoms with Gasteiger partial charge in [-0.25, -0.2) is 4.79 Å². The molecule has 134 valence electrons. The van der Waals surface area contributed by atoms with Crippen LogP contribution in [-0.2, 0) is 6.54 Å². The quantitative estimate of drug-likeness (QED) is 0.673. The number of halogens is 1. The predicted octanol–water partition coefficient (Wildman–Crippen LogP) is 4.84. The largest absolute Gasteiger partial charge is 0.334 e. The minimum atomic E-state index is -0.308. The smallest absolute Gasteiger partial charge is 0.319 e. The Morgan fingerprint density at radius 1 is 1.15 bits per heavy atom. The maximum absolute atomic E-state index is 12.0. The normalized spacial score (nSPS) is 10.8. The number of nitrogens with one attached hydrogen (secondary N) is 2. The maximum Gasteiger partial charge on any atom is 0.319 e. The van der Waals surface area contributed by atoms with E-state index in [-0.39, 0.29) is 11.9 Å². The fourth-order valence-electron chi connectivity index (χ4n) is 2.28. The first-order valence-corrected chi connectivity index (χ1v) is 8.63. The van der Waals surface area contributed by atoms with Crippen LogP contribution in [0, 0.1) is 0 Å². The highest BCUT2D eigenvalue weighted by Gasteiger charge is 2.11. The lowest BCUT2D eigenvalue weighted by atomic mass is 10.2. The van der Waals surface area contributed by atoms with Gasteiger partial charge in [0.1, 0.15) is 0 Å². The van der Waals surface area contributed by atoms with Gasteiger partial charge in [-0.05, 0) is 35.9 Å². The minimum Gasteiger partial charge on any atom is -0.334 e. The third-order valence-corrected chi connectivity index (χ3v) is 4.11. The molecule has 6 nitrogen and oxygen atoms in total. The van der Waals surface area contributed by atoms with Crippen molar-refractivity contribution in [1.82, 2.24) is 15.5 Å². The zero-order chi connectivity index (χ0) is 18.5. The molecule has 0 unspecified atom stereocenters. The van der Waals surface area contributed by atoms with Crippen LogP contribution in [0.1, 0.15) is 31.2 Å². The molecule has 0 aliphatic heterocycles. The highest BCUT2D eigenvalue weighted by atomic mass is 35.5. The second kappa shape index (κ2) is 8.01. The van der Waals surface area contributed by atoms with Gasteiger partial charge in [0.2, 0.25) is 0 Å². The third-order valence-electron chi connectivity index (χ3n) is 3.75. The first kappa shape index (κ1) is 17.9. The Bertz CT molecular complexity index is 891. The molecule has 3 aromatic rings. The summed E-state index contributed by atoms with van der Waals surface area (Å²) in [6, 6.07) is 14.3. The minimum absolute atomic E-state index is 0.204. The molecule has 3 rings (SSSR count). The molecule has 0 radical (unpaired) electrons. The Balaban J connectivity index is 1.58. The second-order valence-electron chi connectivity index (χ2n) is 6.09. The lowest BCUT2D eigenvalue weighted by Gasteiger charge is -2.09. The van der Waals surface area contributed by atoms with Crippen molar-refractivity contribution >= 4 is 23.3 Å². The number of carbonyl (C=O) groups is 1. The number of amides is 2. The SMILES string of the molecule is CC(C)c1noc(-c2ccc(NC(=O)NCc3ccccc3Cl)cc2)n1. The molecule has 7 heteroatoms. The molecular weight excluding hydrogens is 352 g/mol. The van der Waals surface area contributed by atoms with Crippen molar-refractivity contribution in [2.24, 2.45) is 0 Å². The first-order valence-electron chi connectivity index (χ1n) is 8.25. The first-order chi connectivity index (χ1) is 12.5. The van der Waals surface area contributed by atoms with Gasteiger partial charge in [-0.1, -0.05) is 48.8 Å². The Labute approximate surface area is 156 Å². The van der Waals surface area contributed by atoms with Crippen molar-refractivity contribution in [3.05, 3.63) is 64.9 Å². The van der Waals surface area contributed by atoms with E-state index in [1.807, 2.05) is 44.2 Å². The van der Waals surface area contributed by atoms with Gasteiger partial charge in [-0.15, -0.1) is 0 Å². The molecule has 0 aliphatic rings. The van der Waals surface area contributed by atoms with Crippen molar-refractivity contribution in [3.8, 4) is 11.5 Å². The summed E-state index contributed by atoms with van der Waals surface area (Å²) in [7, 11) is 0. The van der Waals surface area contributed by atoms with Crippen LogP contribution in [0.4, 0.5) is 10.5 Å². The van der Waals surface area contributed by atoms with E-state index < -0.39 is 0 Å². The monoisotopic (exact) mass is 370 g/mol. The number of nitrogens with zero attached hydrogens (tertiary/aromatic N) is 2. The molecule has 0 saturated carbocycles. The van der Waals surface area contributed by atoms with Gasteiger partial charge in [0.25, 0.3) is 5.89 Å². The van der Waals surface area contributed by atoms with Gasteiger partial charge in [0.05, 0.1) is 0 Å². The van der Waals surface area contributed by atoms with Crippen LogP contribution in [0.25, 0.3) is 11.5 Å². The van der Waals surface area contributed by atoms with Crippen molar-refractivity contribution in [2.75, 3.05) is 5.32 Å². The number of aromatic nitrogens is 2. The lowest BCUT2D eigenvalue weighted by Crippen LogP contribution is -2.28. The lowest BCUT2D eigenvalue weighted by molar-refractivity contribution is 0.251. The maximum atomic E-state index is 12.0. The van der Waals surface area contributed by atoms with Gasteiger partial charge in [-0.2, -0.15) is 4.98 Å².